The van der Waals surface area contributed by atoms with Crippen LogP contribution in [0.15, 0.2) is 0 Å². The van der Waals surface area contributed by atoms with Crippen molar-refractivity contribution in [3.8, 4) is 0 Å². The Morgan fingerprint density at radius 1 is 1.62 bits per heavy atom. The third kappa shape index (κ3) is 1.20. The van der Waals surface area contributed by atoms with Crippen molar-refractivity contribution in [1.29, 1.82) is 0 Å². The molecule has 2 atom stereocenters. The van der Waals surface area contributed by atoms with Gasteiger partial charge in [0.15, 0.2) is 0 Å². The molecule has 1 aliphatic rings. The number of ether oxygens (including phenoxy) is 1. The predicted octanol–water partition coefficient (Wildman–Crippen LogP) is 0.402. The van der Waals surface area contributed by atoms with E-state index in [0.29, 0.717) is 5.92 Å². The summed E-state index contributed by atoms with van der Waals surface area (Å²) in [6, 6.07) is 0. The second-order valence-corrected chi connectivity index (χ2v) is 2.61. The van der Waals surface area contributed by atoms with E-state index in [4.69, 9.17) is 9.84 Å². The number of hydrogen-bond donors (Lipinski definition) is 1. The molecule has 0 radical (unpaired) electrons. The maximum absolute atomic E-state index is 9.14. The molecule has 0 amide bonds. The summed E-state index contributed by atoms with van der Waals surface area (Å²) in [4.78, 5) is 0. The third-order valence-corrected chi connectivity index (χ3v) is 1.42. The van der Waals surface area contributed by atoms with Crippen LogP contribution in [0.4, 0.5) is 0 Å². The molecule has 1 saturated heterocycles. The monoisotopic (exact) mass is 116 g/mol. The molecule has 1 fully saturated rings. The van der Waals surface area contributed by atoms with Crippen LogP contribution < -0.4 is 0 Å². The van der Waals surface area contributed by atoms with E-state index in [2.05, 4.69) is 0 Å². The number of rotatable bonds is 2. The smallest absolute Gasteiger partial charge is 0.107 e. The Morgan fingerprint density at radius 2 is 2.12 bits per heavy atom. The maximum atomic E-state index is 9.14. The normalized spacial score (nSPS) is 30.8. The van der Waals surface area contributed by atoms with Crippen molar-refractivity contribution >= 4 is 0 Å². The van der Waals surface area contributed by atoms with Crippen LogP contribution in [0.5, 0.6) is 0 Å². The Kier molecular flexibility index (Phi) is 1.54. The molecule has 0 aromatic carbocycles. The summed E-state index contributed by atoms with van der Waals surface area (Å²) in [5.74, 6) is 0.336. The largest absolute Gasteiger partial charge is 0.390 e. The first-order valence-electron chi connectivity index (χ1n) is 3.01. The molecule has 0 aromatic heterocycles. The summed E-state index contributed by atoms with van der Waals surface area (Å²) in [7, 11) is 0. The molecular formula is C6H12O2. The topological polar surface area (TPSA) is 32.8 Å². The summed E-state index contributed by atoms with van der Waals surface area (Å²) >= 11 is 0. The minimum absolute atomic E-state index is 0.148. The first-order valence-corrected chi connectivity index (χ1v) is 3.01. The van der Waals surface area contributed by atoms with Crippen LogP contribution in [-0.2, 0) is 4.74 Å². The molecular weight excluding hydrogens is 104 g/mol. The van der Waals surface area contributed by atoms with E-state index in [9.17, 15) is 0 Å². The Balaban J connectivity index is 2.22. The third-order valence-electron chi connectivity index (χ3n) is 1.42. The van der Waals surface area contributed by atoms with E-state index in [-0.39, 0.29) is 12.2 Å². The average Bonchev–Trinajstić information content (AvgIpc) is 2.43. The minimum atomic E-state index is -0.241. The predicted molar refractivity (Wildman–Crippen MR) is 30.6 cm³/mol. The van der Waals surface area contributed by atoms with Crippen molar-refractivity contribution in [1.82, 2.24) is 0 Å². The van der Waals surface area contributed by atoms with Gasteiger partial charge >= 0.3 is 0 Å². The van der Waals surface area contributed by atoms with Gasteiger partial charge in [0, 0.05) is 0 Å². The summed E-state index contributed by atoms with van der Waals surface area (Å²) in [5.41, 5.74) is 0. The van der Waals surface area contributed by atoms with Crippen molar-refractivity contribution in [2.75, 3.05) is 6.61 Å². The van der Waals surface area contributed by atoms with Gasteiger partial charge in [0.1, 0.15) is 6.10 Å². The summed E-state index contributed by atoms with van der Waals surface area (Å²) in [6.07, 6.45) is -0.0926. The molecule has 1 rings (SSSR count). The second-order valence-electron chi connectivity index (χ2n) is 2.61. The summed E-state index contributed by atoms with van der Waals surface area (Å²) < 4.78 is 4.88. The van der Waals surface area contributed by atoms with Crippen LogP contribution in [0.2, 0.25) is 0 Å². The van der Waals surface area contributed by atoms with Gasteiger partial charge in [0.25, 0.3) is 0 Å². The van der Waals surface area contributed by atoms with E-state index in [0.717, 1.165) is 6.61 Å². The molecule has 0 spiro atoms. The highest BCUT2D eigenvalue weighted by Crippen LogP contribution is 2.19. The average molecular weight is 116 g/mol. The van der Waals surface area contributed by atoms with E-state index < -0.39 is 0 Å². The highest BCUT2D eigenvalue weighted by atomic mass is 16.6. The van der Waals surface area contributed by atoms with Gasteiger partial charge in [-0.2, -0.15) is 0 Å². The number of aliphatic hydroxyl groups is 1. The Morgan fingerprint density at radius 3 is 2.25 bits per heavy atom. The van der Waals surface area contributed by atoms with Gasteiger partial charge in [-0.3, -0.25) is 0 Å². The summed E-state index contributed by atoms with van der Waals surface area (Å²) in [6.45, 7) is 4.73. The lowest BCUT2D eigenvalue weighted by atomic mass is 10.1. The zero-order chi connectivity index (χ0) is 6.15. The highest BCUT2D eigenvalue weighted by Gasteiger charge is 2.32. The van der Waals surface area contributed by atoms with Gasteiger partial charge in [-0.1, -0.05) is 13.8 Å². The molecule has 1 N–H and O–H groups in total. The van der Waals surface area contributed by atoms with E-state index in [1.165, 1.54) is 0 Å². The molecule has 8 heavy (non-hydrogen) atoms. The van der Waals surface area contributed by atoms with Crippen molar-refractivity contribution in [2.24, 2.45) is 5.92 Å². The van der Waals surface area contributed by atoms with Crippen LogP contribution in [0.25, 0.3) is 0 Å². The second kappa shape index (κ2) is 2.03. The molecule has 2 nitrogen and oxygen atoms in total. The van der Waals surface area contributed by atoms with Crippen LogP contribution >= 0.6 is 0 Å². The zero-order valence-corrected chi connectivity index (χ0v) is 5.29. The fraction of sp³-hybridized carbons (Fsp3) is 1.00. The lowest BCUT2D eigenvalue weighted by Crippen LogP contribution is -2.21. The molecule has 1 heterocycles. The number of aliphatic hydroxyl groups excluding tert-OH is 1. The lowest BCUT2D eigenvalue weighted by molar-refractivity contribution is 0.0922. The molecule has 0 aromatic rings. The van der Waals surface area contributed by atoms with Crippen LogP contribution in [0.3, 0.4) is 0 Å². The Bertz CT molecular complexity index is 74.6. The quantitative estimate of drug-likeness (QED) is 0.530. The Hall–Kier alpha value is -0.0800. The van der Waals surface area contributed by atoms with E-state index >= 15 is 0 Å². The van der Waals surface area contributed by atoms with Gasteiger partial charge in [0.05, 0.1) is 12.7 Å². The van der Waals surface area contributed by atoms with Gasteiger partial charge in [0.2, 0.25) is 0 Å². The van der Waals surface area contributed by atoms with Gasteiger partial charge in [-0.25, -0.2) is 0 Å². The van der Waals surface area contributed by atoms with Gasteiger partial charge in [-0.15, -0.1) is 0 Å². The van der Waals surface area contributed by atoms with Crippen molar-refractivity contribution in [3.63, 3.8) is 0 Å². The molecule has 0 saturated carbocycles. The van der Waals surface area contributed by atoms with Crippen LogP contribution in [0.1, 0.15) is 13.8 Å². The Labute approximate surface area is 49.5 Å². The molecule has 0 bridgehead atoms. The van der Waals surface area contributed by atoms with Crippen LogP contribution in [-0.4, -0.2) is 23.9 Å². The van der Waals surface area contributed by atoms with Gasteiger partial charge in [-0.05, 0) is 5.92 Å². The van der Waals surface area contributed by atoms with Crippen molar-refractivity contribution in [3.05, 3.63) is 0 Å². The standard InChI is InChI=1S/C6H12O2/c1-4(2)6(7)5-3-8-5/h4-7H,3H2,1-2H3/t5-,6+/m1/s1. The maximum Gasteiger partial charge on any atom is 0.107 e. The highest BCUT2D eigenvalue weighted by molar-refractivity contribution is 4.80. The van der Waals surface area contributed by atoms with E-state index in [1.54, 1.807) is 0 Å². The molecule has 0 unspecified atom stereocenters. The van der Waals surface area contributed by atoms with Crippen molar-refractivity contribution in [2.45, 2.75) is 26.1 Å². The number of epoxide rings is 1. The molecule has 2 heteroatoms. The first kappa shape index (κ1) is 6.05. The molecule has 1 aliphatic heterocycles. The van der Waals surface area contributed by atoms with Crippen molar-refractivity contribution < 1.29 is 9.84 Å². The number of hydrogen-bond acceptors (Lipinski definition) is 2. The van der Waals surface area contributed by atoms with Gasteiger partial charge < -0.3 is 9.84 Å². The zero-order valence-electron chi connectivity index (χ0n) is 5.29. The van der Waals surface area contributed by atoms with E-state index in [1.807, 2.05) is 13.8 Å². The van der Waals surface area contributed by atoms with Crippen LogP contribution in [0, 0.1) is 5.92 Å². The molecule has 0 aliphatic carbocycles. The lowest BCUT2D eigenvalue weighted by Gasteiger charge is -2.09. The first-order chi connectivity index (χ1) is 3.72. The minimum Gasteiger partial charge on any atom is -0.390 e. The SMILES string of the molecule is CC(C)[C@H](O)[C@H]1CO1. The summed E-state index contributed by atoms with van der Waals surface area (Å²) in [5, 5.41) is 9.14. The molecule has 48 valence electrons. The fourth-order valence-electron chi connectivity index (χ4n) is 0.682. The fourth-order valence-corrected chi connectivity index (χ4v) is 0.682.